The van der Waals surface area contributed by atoms with Gasteiger partial charge in [-0.1, -0.05) is 94.6 Å². The van der Waals surface area contributed by atoms with Crippen LogP contribution in [0, 0.1) is 19.3 Å². The fraction of sp³-hybridized carbons (Fsp3) is 0.0667. The van der Waals surface area contributed by atoms with Gasteiger partial charge in [-0.3, -0.25) is 12.2 Å². The monoisotopic (exact) mass is 824 g/mol. The van der Waals surface area contributed by atoms with E-state index in [1.165, 1.54) is 50.3 Å². The number of rotatable bonds is 1. The molecule has 4 aromatic carbocycles. The largest absolute Gasteiger partial charge is 4.00 e. The predicted molar refractivity (Wildman–Crippen MR) is 154 cm³/mol. The van der Waals surface area contributed by atoms with Gasteiger partial charge >= 0.3 is 26.2 Å². The van der Waals surface area contributed by atoms with Crippen LogP contribution in [0.1, 0.15) is 45.2 Å². The van der Waals surface area contributed by atoms with Gasteiger partial charge in [0.15, 0.2) is 0 Å². The summed E-state index contributed by atoms with van der Waals surface area (Å²) in [5.74, 6) is 0.641. The second-order valence-electron chi connectivity index (χ2n) is 8.19. The zero-order valence-corrected chi connectivity index (χ0v) is 27.9. The SMILES string of the molecule is Ic1ccc2c3c1C([C-]=C3)c1cccc(c1)S2.Ic1cccc2c1C(c1ccccc1)[C-]=C2.[Cl-].[Cl-].[Zr+4]. The van der Waals surface area contributed by atoms with E-state index in [0.29, 0.717) is 11.8 Å². The third kappa shape index (κ3) is 5.79. The van der Waals surface area contributed by atoms with Gasteiger partial charge in [0.25, 0.3) is 0 Å². The number of benzene rings is 4. The molecular weight excluding hydrogens is 808 g/mol. The smallest absolute Gasteiger partial charge is 1.00 e. The number of hydrogen-bond acceptors (Lipinski definition) is 1. The van der Waals surface area contributed by atoms with Crippen LogP contribution >= 0.6 is 56.9 Å². The second-order valence-corrected chi connectivity index (χ2v) is 11.6. The van der Waals surface area contributed by atoms with Gasteiger partial charge in [0, 0.05) is 4.90 Å². The fourth-order valence-electron chi connectivity index (χ4n) is 4.67. The summed E-state index contributed by atoms with van der Waals surface area (Å²) in [6, 6.07) is 30.3. The first-order valence-corrected chi connectivity index (χ1v) is 13.8. The number of fused-ring (bicyclic) bond motifs is 4. The van der Waals surface area contributed by atoms with E-state index in [2.05, 4.69) is 154 Å². The second kappa shape index (κ2) is 13.1. The maximum Gasteiger partial charge on any atom is 4.00 e. The first kappa shape index (κ1) is 30.2. The van der Waals surface area contributed by atoms with Crippen LogP contribution in [0.4, 0.5) is 0 Å². The van der Waals surface area contributed by atoms with Gasteiger partial charge in [-0.2, -0.15) is 11.1 Å². The Balaban J connectivity index is 0.000000185. The molecule has 0 nitrogen and oxygen atoms in total. The minimum absolute atomic E-state index is 0. The summed E-state index contributed by atoms with van der Waals surface area (Å²) in [4.78, 5) is 2.69. The molecule has 0 saturated carbocycles. The number of allylic oxidation sites excluding steroid dienone is 2. The molecule has 1 heterocycles. The Morgan fingerprint density at radius 3 is 2.11 bits per heavy atom. The quantitative estimate of drug-likeness (QED) is 0.211. The maximum atomic E-state index is 3.51. The summed E-state index contributed by atoms with van der Waals surface area (Å²) < 4.78 is 2.67. The zero-order valence-electron chi connectivity index (χ0n) is 18.8. The average molecular weight is 826 g/mol. The van der Waals surface area contributed by atoms with Gasteiger partial charge in [0.05, 0.1) is 0 Å². The molecule has 2 unspecified atom stereocenters. The Morgan fingerprint density at radius 2 is 1.31 bits per heavy atom. The summed E-state index contributed by atoms with van der Waals surface area (Å²) in [5.41, 5.74) is 8.20. The third-order valence-electron chi connectivity index (χ3n) is 6.21. The molecule has 6 heteroatoms. The van der Waals surface area contributed by atoms with Gasteiger partial charge in [-0.25, -0.2) is 12.2 Å². The van der Waals surface area contributed by atoms with E-state index in [9.17, 15) is 0 Å². The minimum atomic E-state index is 0. The molecule has 0 aromatic heterocycles. The van der Waals surface area contributed by atoms with E-state index in [1.54, 1.807) is 0 Å². The molecule has 0 radical (unpaired) electrons. The minimum Gasteiger partial charge on any atom is -1.00 e. The first-order valence-electron chi connectivity index (χ1n) is 10.8. The fourth-order valence-corrected chi connectivity index (χ4v) is 7.29. The van der Waals surface area contributed by atoms with E-state index >= 15 is 0 Å². The molecule has 0 N–H and O–H groups in total. The summed E-state index contributed by atoms with van der Waals surface area (Å²) in [7, 11) is 0. The number of hydrogen-bond donors (Lipinski definition) is 0. The van der Waals surface area contributed by atoms with Crippen LogP contribution in [-0.2, 0) is 26.2 Å². The molecule has 0 saturated heterocycles. The van der Waals surface area contributed by atoms with Crippen LogP contribution in [-0.4, -0.2) is 0 Å². The summed E-state index contributed by atoms with van der Waals surface area (Å²) in [6.07, 6.45) is 11.2. The average Bonchev–Trinajstić information content (AvgIpc) is 3.49. The van der Waals surface area contributed by atoms with Gasteiger partial charge < -0.3 is 24.8 Å². The van der Waals surface area contributed by atoms with E-state index < -0.39 is 0 Å². The van der Waals surface area contributed by atoms with Crippen LogP contribution < -0.4 is 24.8 Å². The molecule has 36 heavy (non-hydrogen) atoms. The van der Waals surface area contributed by atoms with Gasteiger partial charge in [0.2, 0.25) is 0 Å². The Morgan fingerprint density at radius 1 is 0.639 bits per heavy atom. The molecule has 0 fully saturated rings. The van der Waals surface area contributed by atoms with Crippen molar-refractivity contribution in [2.45, 2.75) is 21.6 Å². The topological polar surface area (TPSA) is 0 Å². The van der Waals surface area contributed by atoms with Crippen LogP contribution in [0.2, 0.25) is 0 Å². The molecular formula is C30H18Cl2I2SZr. The Bertz CT molecular complexity index is 1440. The van der Waals surface area contributed by atoms with Gasteiger partial charge in [0.1, 0.15) is 0 Å². The first-order chi connectivity index (χ1) is 16.2. The molecule has 6 bridgehead atoms. The molecule has 0 spiro atoms. The van der Waals surface area contributed by atoms with Crippen molar-refractivity contribution < 1.29 is 51.0 Å². The summed E-state index contributed by atoms with van der Waals surface area (Å²) in [6.45, 7) is 0. The number of halogens is 4. The molecule has 3 aliphatic rings. The van der Waals surface area contributed by atoms with Crippen molar-refractivity contribution in [3.8, 4) is 0 Å². The van der Waals surface area contributed by atoms with Crippen LogP contribution in [0.15, 0.2) is 94.7 Å². The molecule has 7 rings (SSSR count). The summed E-state index contributed by atoms with van der Waals surface area (Å²) >= 11 is 6.70. The van der Waals surface area contributed by atoms with Crippen LogP contribution in [0.25, 0.3) is 12.2 Å². The molecule has 4 aromatic rings. The Labute approximate surface area is 276 Å². The third-order valence-corrected chi connectivity index (χ3v) is 9.16. The van der Waals surface area contributed by atoms with Crippen molar-refractivity contribution in [2.75, 3.05) is 0 Å². The Hall–Kier alpha value is -0.367. The Kier molecular flexibility index (Phi) is 11.0. The van der Waals surface area contributed by atoms with Crippen molar-refractivity contribution in [3.63, 3.8) is 0 Å². The summed E-state index contributed by atoms with van der Waals surface area (Å²) in [5, 5.41) is 0. The standard InChI is InChI=1S/C15H8IS.C15H10I.2ClH.Zr/c16-13-6-7-14-12-5-4-11(15(12)13)9-2-1-3-10(8-9)17-14;16-14-8-4-7-12-9-10-13(15(12)14)11-5-2-1-3-6-11;;;/h1-3,5-8,11H;1-9,13H;2*1H;/q2*-1;;;+4/p-2. The normalized spacial score (nSPS) is 16.7. The van der Waals surface area contributed by atoms with Crippen LogP contribution in [0.5, 0.6) is 0 Å². The van der Waals surface area contributed by atoms with E-state index in [4.69, 9.17) is 0 Å². The van der Waals surface area contributed by atoms with E-state index in [1.807, 2.05) is 11.8 Å². The molecule has 0 amide bonds. The predicted octanol–water partition coefficient (Wildman–Crippen LogP) is 2.98. The molecule has 2 aliphatic carbocycles. The van der Waals surface area contributed by atoms with Crippen molar-refractivity contribution in [1.29, 1.82) is 0 Å². The van der Waals surface area contributed by atoms with Crippen molar-refractivity contribution >= 4 is 69.1 Å². The van der Waals surface area contributed by atoms with Gasteiger partial charge in [-0.05, 0) is 64.5 Å². The van der Waals surface area contributed by atoms with E-state index in [0.717, 1.165) is 0 Å². The van der Waals surface area contributed by atoms with Gasteiger partial charge in [-0.15, -0.1) is 29.0 Å². The maximum absolute atomic E-state index is 3.51. The molecule has 2 atom stereocenters. The van der Waals surface area contributed by atoms with Crippen LogP contribution in [0.3, 0.4) is 0 Å². The van der Waals surface area contributed by atoms with E-state index in [-0.39, 0.29) is 51.0 Å². The molecule has 1 aliphatic heterocycles. The molecule has 176 valence electrons. The van der Waals surface area contributed by atoms with Crippen molar-refractivity contribution in [3.05, 3.63) is 138 Å². The zero-order chi connectivity index (χ0) is 22.4. The van der Waals surface area contributed by atoms with Crippen molar-refractivity contribution in [1.82, 2.24) is 0 Å². The van der Waals surface area contributed by atoms with Crippen molar-refractivity contribution in [2.24, 2.45) is 0 Å².